The van der Waals surface area contributed by atoms with Crippen molar-refractivity contribution in [2.45, 2.75) is 44.7 Å². The molecule has 0 aromatic rings. The minimum Gasteiger partial charge on any atom is -0.354 e. The molecule has 0 bridgehead atoms. The lowest BCUT2D eigenvalue weighted by Gasteiger charge is -2.24. The zero-order chi connectivity index (χ0) is 11.3. The summed E-state index contributed by atoms with van der Waals surface area (Å²) in [6, 6.07) is -0.890. The van der Waals surface area contributed by atoms with Crippen LogP contribution < -0.4 is 16.4 Å². The number of carbonyl (C=O) groups excluding carboxylic acids is 2. The van der Waals surface area contributed by atoms with Gasteiger partial charge in [-0.15, -0.1) is 0 Å². The summed E-state index contributed by atoms with van der Waals surface area (Å²) in [5, 5.41) is 5.39. The van der Waals surface area contributed by atoms with E-state index in [9.17, 15) is 9.59 Å². The zero-order valence-corrected chi connectivity index (χ0v) is 9.08. The molecule has 1 saturated heterocycles. The fraction of sp³-hybridized carbons (Fsp3) is 0.800. The molecule has 0 saturated carbocycles. The normalized spacial score (nSPS) is 23.1. The van der Waals surface area contributed by atoms with Crippen molar-refractivity contribution in [2.75, 3.05) is 6.54 Å². The van der Waals surface area contributed by atoms with Crippen molar-refractivity contribution in [3.05, 3.63) is 0 Å². The Morgan fingerprint density at radius 3 is 3.07 bits per heavy atom. The van der Waals surface area contributed by atoms with Crippen LogP contribution in [0.2, 0.25) is 0 Å². The van der Waals surface area contributed by atoms with Gasteiger partial charge in [-0.25, -0.2) is 0 Å². The summed E-state index contributed by atoms with van der Waals surface area (Å²) in [7, 11) is 0. The highest BCUT2D eigenvalue weighted by atomic mass is 16.2. The summed E-state index contributed by atoms with van der Waals surface area (Å²) in [5.41, 5.74) is 5.65. The van der Waals surface area contributed by atoms with Crippen LogP contribution in [0.5, 0.6) is 0 Å². The van der Waals surface area contributed by atoms with Crippen LogP contribution >= 0.6 is 0 Å². The Bertz CT molecular complexity index is 243. The Morgan fingerprint density at radius 2 is 2.47 bits per heavy atom. The van der Waals surface area contributed by atoms with E-state index in [1.54, 1.807) is 0 Å². The lowest BCUT2D eigenvalue weighted by atomic mass is 10.1. The first-order valence-corrected chi connectivity index (χ1v) is 5.48. The molecule has 0 radical (unpaired) electrons. The van der Waals surface area contributed by atoms with Crippen molar-refractivity contribution in [2.24, 2.45) is 5.73 Å². The molecule has 1 heterocycles. The van der Waals surface area contributed by atoms with Crippen LogP contribution in [-0.4, -0.2) is 30.4 Å². The van der Waals surface area contributed by atoms with Crippen molar-refractivity contribution in [3.8, 4) is 0 Å². The van der Waals surface area contributed by atoms with E-state index in [0.29, 0.717) is 19.4 Å². The number of amides is 2. The van der Waals surface area contributed by atoms with E-state index in [1.165, 1.54) is 0 Å². The molecule has 0 aliphatic carbocycles. The van der Waals surface area contributed by atoms with Gasteiger partial charge in [-0.05, 0) is 19.3 Å². The van der Waals surface area contributed by atoms with E-state index in [0.717, 1.165) is 12.8 Å². The molecular weight excluding hydrogens is 194 g/mol. The number of piperidine rings is 1. The minimum atomic E-state index is -0.496. The molecule has 0 aromatic carbocycles. The maximum absolute atomic E-state index is 11.5. The lowest BCUT2D eigenvalue weighted by molar-refractivity contribution is -0.130. The third kappa shape index (κ3) is 3.51. The molecule has 0 aromatic heterocycles. The number of nitrogens with one attached hydrogen (secondary N) is 2. The number of hydrogen-bond acceptors (Lipinski definition) is 3. The third-order valence-electron chi connectivity index (χ3n) is 2.54. The van der Waals surface area contributed by atoms with E-state index in [4.69, 9.17) is 5.73 Å². The lowest BCUT2D eigenvalue weighted by Crippen LogP contribution is -2.53. The maximum atomic E-state index is 11.5. The highest BCUT2D eigenvalue weighted by Crippen LogP contribution is 2.03. The second-order valence-corrected chi connectivity index (χ2v) is 3.89. The Morgan fingerprint density at radius 1 is 1.73 bits per heavy atom. The van der Waals surface area contributed by atoms with E-state index >= 15 is 0 Å². The zero-order valence-electron chi connectivity index (χ0n) is 9.08. The minimum absolute atomic E-state index is 0.0988. The van der Waals surface area contributed by atoms with Crippen molar-refractivity contribution >= 4 is 11.8 Å². The molecule has 1 fully saturated rings. The van der Waals surface area contributed by atoms with Crippen LogP contribution in [0.15, 0.2) is 0 Å². The van der Waals surface area contributed by atoms with Crippen LogP contribution in [-0.2, 0) is 9.59 Å². The largest absolute Gasteiger partial charge is 0.354 e. The molecule has 1 aliphatic heterocycles. The molecule has 1 unspecified atom stereocenters. The van der Waals surface area contributed by atoms with Gasteiger partial charge in [0.1, 0.15) is 6.04 Å². The molecule has 15 heavy (non-hydrogen) atoms. The predicted octanol–water partition coefficient (Wildman–Crippen LogP) is -0.491. The van der Waals surface area contributed by atoms with E-state index in [-0.39, 0.29) is 11.8 Å². The van der Waals surface area contributed by atoms with Gasteiger partial charge in [0, 0.05) is 6.54 Å². The van der Waals surface area contributed by atoms with Crippen molar-refractivity contribution in [1.29, 1.82) is 0 Å². The average molecular weight is 213 g/mol. The van der Waals surface area contributed by atoms with Crippen molar-refractivity contribution < 1.29 is 9.59 Å². The van der Waals surface area contributed by atoms with Gasteiger partial charge in [-0.1, -0.05) is 13.3 Å². The van der Waals surface area contributed by atoms with E-state index < -0.39 is 12.1 Å². The molecule has 2 amide bonds. The van der Waals surface area contributed by atoms with Gasteiger partial charge in [-0.2, -0.15) is 0 Å². The van der Waals surface area contributed by atoms with Crippen molar-refractivity contribution in [3.63, 3.8) is 0 Å². The summed E-state index contributed by atoms with van der Waals surface area (Å²) in [5.74, 6) is -0.322. The molecule has 2 atom stereocenters. The highest BCUT2D eigenvalue weighted by molar-refractivity contribution is 5.89. The fourth-order valence-electron chi connectivity index (χ4n) is 1.63. The predicted molar refractivity (Wildman–Crippen MR) is 57.1 cm³/mol. The molecule has 0 spiro atoms. The second-order valence-electron chi connectivity index (χ2n) is 3.89. The summed E-state index contributed by atoms with van der Waals surface area (Å²) in [6.07, 6.45) is 3.13. The van der Waals surface area contributed by atoms with Crippen LogP contribution in [0.3, 0.4) is 0 Å². The smallest absolute Gasteiger partial charge is 0.242 e. The fourth-order valence-corrected chi connectivity index (χ4v) is 1.63. The molecular formula is C10H19N3O2. The van der Waals surface area contributed by atoms with Gasteiger partial charge in [0.2, 0.25) is 11.8 Å². The van der Waals surface area contributed by atoms with Crippen LogP contribution in [0.1, 0.15) is 32.6 Å². The van der Waals surface area contributed by atoms with Crippen LogP contribution in [0, 0.1) is 0 Å². The number of rotatable bonds is 4. The summed E-state index contributed by atoms with van der Waals surface area (Å²) < 4.78 is 0. The molecule has 5 nitrogen and oxygen atoms in total. The average Bonchev–Trinajstić information content (AvgIpc) is 2.21. The Labute approximate surface area is 89.8 Å². The third-order valence-corrected chi connectivity index (χ3v) is 2.54. The van der Waals surface area contributed by atoms with Crippen molar-refractivity contribution in [1.82, 2.24) is 10.6 Å². The summed E-state index contributed by atoms with van der Waals surface area (Å²) in [4.78, 5) is 22.9. The van der Waals surface area contributed by atoms with Gasteiger partial charge < -0.3 is 16.4 Å². The van der Waals surface area contributed by atoms with Crippen LogP contribution in [0.25, 0.3) is 0 Å². The molecule has 4 N–H and O–H groups in total. The molecule has 1 aliphatic rings. The Kier molecular flexibility index (Phi) is 4.55. The first kappa shape index (κ1) is 12.0. The highest BCUT2D eigenvalue weighted by Gasteiger charge is 2.25. The van der Waals surface area contributed by atoms with Gasteiger partial charge in [-0.3, -0.25) is 9.59 Å². The van der Waals surface area contributed by atoms with Crippen LogP contribution in [0.4, 0.5) is 0 Å². The number of nitrogens with two attached hydrogens (primary N) is 1. The quantitative estimate of drug-likeness (QED) is 0.589. The van der Waals surface area contributed by atoms with Gasteiger partial charge in [0.15, 0.2) is 0 Å². The second kappa shape index (κ2) is 5.70. The van der Waals surface area contributed by atoms with Gasteiger partial charge in [0.25, 0.3) is 0 Å². The summed E-state index contributed by atoms with van der Waals surface area (Å²) in [6.45, 7) is 2.67. The van der Waals surface area contributed by atoms with Gasteiger partial charge in [0.05, 0.1) is 6.04 Å². The molecule has 86 valence electrons. The number of hydrogen-bond donors (Lipinski definition) is 3. The van der Waals surface area contributed by atoms with Gasteiger partial charge >= 0.3 is 0 Å². The SMILES string of the molecule is CCC[C@H](N)C(=O)NC1CCCNC1=O. The van der Waals surface area contributed by atoms with E-state index in [2.05, 4.69) is 10.6 Å². The maximum Gasteiger partial charge on any atom is 0.242 e. The Hall–Kier alpha value is -1.10. The topological polar surface area (TPSA) is 84.2 Å². The standard InChI is InChI=1S/C10H19N3O2/c1-2-4-7(11)9(14)13-8-5-3-6-12-10(8)15/h7-8H,2-6,11H2,1H3,(H,12,15)(H,13,14)/t7-,8?/m0/s1. The number of carbonyl (C=O) groups is 2. The molecule has 5 heteroatoms. The Balaban J connectivity index is 2.39. The first-order valence-electron chi connectivity index (χ1n) is 5.48. The molecule has 1 rings (SSSR count). The monoisotopic (exact) mass is 213 g/mol. The summed E-state index contributed by atoms with van der Waals surface area (Å²) >= 11 is 0. The first-order chi connectivity index (χ1) is 7.15. The van der Waals surface area contributed by atoms with E-state index in [1.807, 2.05) is 6.92 Å².